The van der Waals surface area contributed by atoms with Gasteiger partial charge in [0, 0.05) is 17.8 Å². The number of esters is 1. The van der Waals surface area contributed by atoms with Crippen molar-refractivity contribution >= 4 is 23.2 Å². The van der Waals surface area contributed by atoms with E-state index < -0.39 is 36.4 Å². The number of aliphatic hydroxyl groups excluding tert-OH is 1. The van der Waals surface area contributed by atoms with Crippen molar-refractivity contribution < 1.29 is 28.2 Å². The van der Waals surface area contributed by atoms with E-state index in [-0.39, 0.29) is 18.4 Å². The number of aliphatic hydroxyl groups is 1. The van der Waals surface area contributed by atoms with Crippen molar-refractivity contribution in [1.82, 2.24) is 4.90 Å². The molecule has 4 atom stereocenters. The summed E-state index contributed by atoms with van der Waals surface area (Å²) in [6.45, 7) is 4.21. The number of halogens is 2. The highest BCUT2D eigenvalue weighted by Crippen LogP contribution is 2.35. The fraction of sp³-hybridized carbons (Fsp3) is 0.481. The average molecular weight is 506 g/mol. The Morgan fingerprint density at radius 2 is 1.97 bits per heavy atom. The lowest BCUT2D eigenvalue weighted by Crippen LogP contribution is -2.37. The molecule has 0 aliphatic carbocycles. The van der Waals surface area contributed by atoms with Crippen molar-refractivity contribution in [1.29, 1.82) is 0 Å². The van der Waals surface area contributed by atoms with E-state index in [2.05, 4.69) is 19.1 Å². The molecular weight excluding hydrogens is 472 g/mol. The summed E-state index contributed by atoms with van der Waals surface area (Å²) in [5, 5.41) is 10.6. The van der Waals surface area contributed by atoms with Crippen LogP contribution in [0.3, 0.4) is 0 Å². The van der Waals surface area contributed by atoms with Crippen LogP contribution in [0.2, 0.25) is 0 Å². The molecule has 1 amide bonds. The minimum absolute atomic E-state index is 0.0737. The van der Waals surface area contributed by atoms with Crippen molar-refractivity contribution in [2.75, 3.05) is 13.7 Å². The van der Waals surface area contributed by atoms with Crippen LogP contribution in [-0.4, -0.2) is 53.6 Å². The molecule has 3 rings (SSSR count). The van der Waals surface area contributed by atoms with E-state index in [0.717, 1.165) is 11.3 Å². The number of alkyl halides is 2. The average Bonchev–Trinajstić information content (AvgIpc) is 3.40. The van der Waals surface area contributed by atoms with Crippen LogP contribution in [0.25, 0.3) is 0 Å². The first-order valence-electron chi connectivity index (χ1n) is 11.9. The van der Waals surface area contributed by atoms with Crippen LogP contribution in [0.5, 0.6) is 0 Å². The van der Waals surface area contributed by atoms with E-state index in [4.69, 9.17) is 4.74 Å². The predicted octanol–water partition coefficient (Wildman–Crippen LogP) is 5.45. The Bertz CT molecular complexity index is 1020. The van der Waals surface area contributed by atoms with Crippen LogP contribution in [0.4, 0.5) is 8.78 Å². The van der Waals surface area contributed by atoms with Gasteiger partial charge in [-0.2, -0.15) is 8.78 Å². The van der Waals surface area contributed by atoms with Crippen molar-refractivity contribution in [2.45, 2.75) is 63.5 Å². The third-order valence-corrected chi connectivity index (χ3v) is 7.64. The van der Waals surface area contributed by atoms with E-state index in [1.807, 2.05) is 31.2 Å². The van der Waals surface area contributed by atoms with E-state index in [9.17, 15) is 23.5 Å². The standard InChI is InChI=1S/C27H33F2NO4S/c1-18(20-8-5-4-6-9-20)16-19(2)23(31)13-11-21-17-27(28,29)26(33)30(21)15-7-10-22-12-14-24(35-22)25(32)34-3/h4-6,8-9,11-14,18-19,21,23,31H,7,10,15-17H2,1-3H3/b13-11+/t18?,19-,21-,23+/m0/s1. The van der Waals surface area contributed by atoms with Gasteiger partial charge in [-0.15, -0.1) is 11.3 Å². The Balaban J connectivity index is 1.57. The van der Waals surface area contributed by atoms with Crippen LogP contribution in [0.15, 0.2) is 54.6 Å². The molecule has 1 fully saturated rings. The summed E-state index contributed by atoms with van der Waals surface area (Å²) in [5.74, 6) is -4.81. The van der Waals surface area contributed by atoms with E-state index in [0.29, 0.717) is 17.7 Å². The molecule has 1 N–H and O–H groups in total. The van der Waals surface area contributed by atoms with Crippen LogP contribution in [0, 0.1) is 5.92 Å². The number of amides is 1. The number of thiophene rings is 1. The maximum absolute atomic E-state index is 14.2. The number of nitrogens with zero attached hydrogens (tertiary/aromatic N) is 1. The molecule has 2 aromatic rings. The minimum Gasteiger partial charge on any atom is -0.465 e. The van der Waals surface area contributed by atoms with Crippen LogP contribution in [0.1, 0.15) is 59.1 Å². The zero-order chi connectivity index (χ0) is 25.6. The van der Waals surface area contributed by atoms with E-state index in [1.54, 1.807) is 18.2 Å². The number of benzene rings is 1. The molecular formula is C27H33F2NO4S. The van der Waals surface area contributed by atoms with Gasteiger partial charge in [-0.3, -0.25) is 4.79 Å². The van der Waals surface area contributed by atoms with E-state index >= 15 is 0 Å². The number of ether oxygens (including phenoxy) is 1. The topological polar surface area (TPSA) is 66.8 Å². The first-order chi connectivity index (χ1) is 16.6. The zero-order valence-electron chi connectivity index (χ0n) is 20.3. The second-order valence-corrected chi connectivity index (χ2v) is 10.4. The van der Waals surface area contributed by atoms with Gasteiger partial charge >= 0.3 is 11.9 Å². The van der Waals surface area contributed by atoms with Crippen molar-refractivity contribution in [3.05, 3.63) is 69.9 Å². The fourth-order valence-corrected chi connectivity index (χ4v) is 5.42. The largest absolute Gasteiger partial charge is 0.465 e. The molecule has 1 aromatic carbocycles. The third-order valence-electron chi connectivity index (χ3n) is 6.52. The highest BCUT2D eigenvalue weighted by Gasteiger charge is 2.52. The van der Waals surface area contributed by atoms with Gasteiger partial charge in [0.15, 0.2) is 0 Å². The van der Waals surface area contributed by atoms with Gasteiger partial charge in [-0.1, -0.05) is 56.3 Å². The number of rotatable bonds is 11. The summed E-state index contributed by atoms with van der Waals surface area (Å²) in [6.07, 6.45) is 3.51. The summed E-state index contributed by atoms with van der Waals surface area (Å²) < 4.78 is 33.2. The Labute approximate surface area is 209 Å². The minimum atomic E-state index is -3.41. The normalized spacial score (nSPS) is 20.2. The SMILES string of the molecule is COC(=O)c1ccc(CCCN2C(=O)C(F)(F)C[C@@H]2/C=C/[C@@H](O)[C@@H](C)CC(C)c2ccccc2)s1. The first-order valence-corrected chi connectivity index (χ1v) is 12.7. The molecule has 8 heteroatoms. The first kappa shape index (κ1) is 27.0. The molecule has 35 heavy (non-hydrogen) atoms. The number of carbonyl (C=O) groups excluding carboxylic acids is 2. The summed E-state index contributed by atoms with van der Waals surface area (Å²) in [7, 11) is 1.32. The smallest absolute Gasteiger partial charge is 0.348 e. The molecule has 0 spiro atoms. The van der Waals surface area contributed by atoms with E-state index in [1.165, 1.54) is 28.9 Å². The third kappa shape index (κ3) is 6.98. The summed E-state index contributed by atoms with van der Waals surface area (Å²) >= 11 is 1.30. The van der Waals surface area contributed by atoms with Crippen LogP contribution >= 0.6 is 11.3 Å². The van der Waals surface area contributed by atoms with Crippen molar-refractivity contribution in [2.24, 2.45) is 5.92 Å². The van der Waals surface area contributed by atoms with Gasteiger partial charge in [-0.05, 0) is 48.8 Å². The Hall–Kier alpha value is -2.58. The van der Waals surface area contributed by atoms with Crippen LogP contribution in [-0.2, 0) is 16.0 Å². The lowest BCUT2D eigenvalue weighted by atomic mass is 9.88. The highest BCUT2D eigenvalue weighted by atomic mass is 32.1. The van der Waals surface area contributed by atoms with Crippen LogP contribution < -0.4 is 0 Å². The van der Waals surface area contributed by atoms with Gasteiger partial charge in [0.25, 0.3) is 5.91 Å². The van der Waals surface area contributed by atoms with Gasteiger partial charge in [0.05, 0.1) is 19.3 Å². The molecule has 1 unspecified atom stereocenters. The van der Waals surface area contributed by atoms with Crippen molar-refractivity contribution in [3.63, 3.8) is 0 Å². The lowest BCUT2D eigenvalue weighted by Gasteiger charge is -2.23. The number of hydrogen-bond donors (Lipinski definition) is 1. The molecule has 1 aliphatic heterocycles. The number of carbonyl (C=O) groups is 2. The summed E-state index contributed by atoms with van der Waals surface area (Å²) in [6, 6.07) is 12.7. The molecule has 1 aliphatic rings. The van der Waals surface area contributed by atoms with Gasteiger partial charge in [0.2, 0.25) is 0 Å². The molecule has 0 saturated carbocycles. The predicted molar refractivity (Wildman–Crippen MR) is 133 cm³/mol. The lowest BCUT2D eigenvalue weighted by molar-refractivity contribution is -0.148. The Kier molecular flexibility index (Phi) is 9.19. The van der Waals surface area contributed by atoms with Gasteiger partial charge < -0.3 is 14.7 Å². The summed E-state index contributed by atoms with van der Waals surface area (Å²) in [4.78, 5) is 26.5. The van der Waals surface area contributed by atoms with Gasteiger partial charge in [0.1, 0.15) is 4.88 Å². The molecule has 190 valence electrons. The second kappa shape index (κ2) is 11.9. The quantitative estimate of drug-likeness (QED) is 0.326. The molecule has 1 aromatic heterocycles. The fourth-order valence-electron chi connectivity index (χ4n) is 4.45. The maximum Gasteiger partial charge on any atom is 0.348 e. The highest BCUT2D eigenvalue weighted by molar-refractivity contribution is 7.13. The molecule has 0 radical (unpaired) electrons. The Morgan fingerprint density at radius 1 is 1.26 bits per heavy atom. The van der Waals surface area contributed by atoms with Crippen molar-refractivity contribution in [3.8, 4) is 0 Å². The van der Waals surface area contributed by atoms with Gasteiger partial charge in [-0.25, -0.2) is 4.79 Å². The second-order valence-electron chi connectivity index (χ2n) is 9.24. The monoisotopic (exact) mass is 505 g/mol. The summed E-state index contributed by atoms with van der Waals surface area (Å²) in [5.41, 5.74) is 1.19. The molecule has 2 heterocycles. The molecule has 1 saturated heterocycles. The number of methoxy groups -OCH3 is 1. The Morgan fingerprint density at radius 3 is 2.66 bits per heavy atom. The zero-order valence-corrected chi connectivity index (χ0v) is 21.1. The molecule has 5 nitrogen and oxygen atoms in total. The number of aryl methyl sites for hydroxylation is 1. The molecule has 0 bridgehead atoms. The number of likely N-dealkylation sites (tertiary alicyclic amines) is 1. The maximum atomic E-state index is 14.2. The number of hydrogen-bond acceptors (Lipinski definition) is 5.